The van der Waals surface area contributed by atoms with Crippen LogP contribution in [0.5, 0.6) is 0 Å². The molecule has 3 fully saturated rings. The first-order valence-electron chi connectivity index (χ1n) is 24.5. The monoisotopic (exact) mass is 1060 g/mol. The maximum absolute atomic E-state index is 13.1. The molecule has 24 nitrogen and oxygen atoms in total. The summed E-state index contributed by atoms with van der Waals surface area (Å²) >= 11 is 11.8. The molecule has 0 bridgehead atoms. The van der Waals surface area contributed by atoms with E-state index in [9.17, 15) is 19.2 Å². The van der Waals surface area contributed by atoms with Crippen LogP contribution < -0.4 is 48.7 Å². The number of piperazine rings is 1. The summed E-state index contributed by atoms with van der Waals surface area (Å²) in [6, 6.07) is 11.3. The van der Waals surface area contributed by atoms with Crippen LogP contribution in [-0.4, -0.2) is 178 Å². The van der Waals surface area contributed by atoms with Crippen molar-refractivity contribution < 1.29 is 23.9 Å². The Balaban J connectivity index is 0.000000197. The number of piperidine rings is 2. The number of likely N-dealkylation sites (tertiary alicyclic amines) is 2. The van der Waals surface area contributed by atoms with Crippen LogP contribution >= 0.6 is 23.2 Å². The number of likely N-dealkylation sites (N-methyl/N-ethyl adjacent to an activating group) is 1. The summed E-state index contributed by atoms with van der Waals surface area (Å²) in [5, 5.41) is 15.2. The predicted octanol–water partition coefficient (Wildman–Crippen LogP) is 2.03. The smallest absolute Gasteiger partial charge is 0.280 e. The van der Waals surface area contributed by atoms with E-state index in [1.165, 1.54) is 0 Å². The summed E-state index contributed by atoms with van der Waals surface area (Å²) in [5.41, 5.74) is 18.9. The lowest BCUT2D eigenvalue weighted by molar-refractivity contribution is 0.0660. The number of benzene rings is 1. The summed E-state index contributed by atoms with van der Waals surface area (Å²) in [4.78, 5) is 89.0. The number of nitrogens with two attached hydrogens (primary N) is 3. The van der Waals surface area contributed by atoms with Crippen molar-refractivity contribution in [1.29, 1.82) is 0 Å². The first-order valence-corrected chi connectivity index (χ1v) is 25.2. The number of pyridine rings is 1. The maximum Gasteiger partial charge on any atom is 0.280 e. The number of rotatable bonds is 10. The molecule has 3 saturated heterocycles. The van der Waals surface area contributed by atoms with Gasteiger partial charge in [-0.15, -0.1) is 0 Å². The van der Waals surface area contributed by atoms with Gasteiger partial charge in [0, 0.05) is 76.4 Å². The number of aryl methyl sites for hydroxylation is 1. The van der Waals surface area contributed by atoms with E-state index in [1.807, 2.05) is 60.0 Å². The van der Waals surface area contributed by atoms with E-state index in [0.29, 0.717) is 107 Å². The molecular weight excluding hydrogens is 994 g/mol. The van der Waals surface area contributed by atoms with Crippen LogP contribution in [0.3, 0.4) is 0 Å². The van der Waals surface area contributed by atoms with Crippen molar-refractivity contribution in [3.05, 3.63) is 81.1 Å². The van der Waals surface area contributed by atoms with Crippen molar-refractivity contribution in [3.63, 3.8) is 0 Å². The maximum atomic E-state index is 13.1. The molecule has 5 aliphatic heterocycles. The Labute approximate surface area is 438 Å². The highest BCUT2D eigenvalue weighted by atomic mass is 35.5. The first kappa shape index (κ1) is 53.2. The summed E-state index contributed by atoms with van der Waals surface area (Å²) in [6.45, 7) is 14.1. The Morgan fingerprint density at radius 1 is 0.689 bits per heavy atom. The predicted molar refractivity (Wildman–Crippen MR) is 284 cm³/mol. The quantitative estimate of drug-likeness (QED) is 0.105. The molecule has 0 unspecified atom stereocenters. The van der Waals surface area contributed by atoms with E-state index >= 15 is 0 Å². The normalized spacial score (nSPS) is 18.0. The molecule has 0 saturated carbocycles. The fraction of sp³-hybridized carbons (Fsp3) is 0.479. The number of nitrogen functional groups attached to an aromatic ring is 3. The Bertz CT molecular complexity index is 2770. The van der Waals surface area contributed by atoms with Crippen LogP contribution in [0.2, 0.25) is 10.3 Å². The number of hydrogen-bond acceptors (Lipinski definition) is 20. The van der Waals surface area contributed by atoms with Gasteiger partial charge in [0.25, 0.3) is 23.6 Å². The van der Waals surface area contributed by atoms with Crippen LogP contribution in [0, 0.1) is 6.92 Å². The van der Waals surface area contributed by atoms with Crippen molar-refractivity contribution >= 4 is 87.7 Å². The molecular formula is C48H63Cl2N19O5. The second kappa shape index (κ2) is 22.9. The first-order chi connectivity index (χ1) is 35.4. The number of halogens is 2. The Morgan fingerprint density at radius 3 is 1.74 bits per heavy atom. The van der Waals surface area contributed by atoms with E-state index in [0.717, 1.165) is 37.7 Å². The molecule has 0 aliphatic carbocycles. The lowest BCUT2D eigenvalue weighted by Gasteiger charge is -2.39. The number of ether oxygens (including phenoxy) is 1. The number of nitrogens with zero attached hydrogens (tertiary/aromatic N) is 11. The third-order valence-corrected chi connectivity index (χ3v) is 14.1. The molecule has 4 amide bonds. The topological polar surface area (TPSA) is 318 Å². The number of nitrogens with one attached hydrogen (secondary N) is 5. The molecule has 74 heavy (non-hydrogen) atoms. The van der Waals surface area contributed by atoms with E-state index in [4.69, 9.17) is 45.1 Å². The lowest BCUT2D eigenvalue weighted by Crippen LogP contribution is -2.57. The fourth-order valence-electron chi connectivity index (χ4n) is 9.10. The number of aromatic nitrogens is 5. The number of hydrogen-bond donors (Lipinski definition) is 8. The third kappa shape index (κ3) is 12.8. The molecule has 394 valence electrons. The molecule has 9 rings (SSSR count). The zero-order valence-corrected chi connectivity index (χ0v) is 43.4. The Morgan fingerprint density at radius 2 is 1.20 bits per heavy atom. The number of guanidine groups is 2. The standard InChI is InChI=1S/C24H31ClN10O2.C24H32ClN9O3/c1-15-18(30-19(25)20(26)29-15)21(36)31-23-28-14-24(32-23)5-7-35(8-6-24)22(37)16-3-4-17(27-13-16)34-11-9-33(2)10-12-34;1-14(2)37-12-9-28-16-5-3-15(4-6-16)22(36)34-10-7-24(8-11-34)13-29-23(33-24)32-21(35)17-19(26)31-20(27)18(25)30-17/h3-4,13H,5-12,14H2,1-2H3,(H2,26,29)(H2,28,31,32,36);3-6,14,28H,7-13H2,1-2H3,(H4,26,27,31)(H2,29,32,33,35). The number of amides is 4. The lowest BCUT2D eigenvalue weighted by atomic mass is 9.88. The molecule has 8 heterocycles. The summed E-state index contributed by atoms with van der Waals surface area (Å²) < 4.78 is 5.53. The Hall–Kier alpha value is -7.15. The van der Waals surface area contributed by atoms with Gasteiger partial charge in [0.2, 0.25) is 0 Å². The average molecular weight is 1060 g/mol. The van der Waals surface area contributed by atoms with Crippen molar-refractivity contribution in [2.24, 2.45) is 9.98 Å². The van der Waals surface area contributed by atoms with Gasteiger partial charge in [-0.25, -0.2) is 24.9 Å². The van der Waals surface area contributed by atoms with Crippen molar-refractivity contribution in [2.75, 3.05) is 113 Å². The SMILES string of the molecule is CC(C)OCCNc1ccc(C(=O)N2CCC3(CC2)CN=C(NC(=O)c2nc(Cl)c(N)nc2N)N3)cc1.Cc1nc(N)c(Cl)nc1C(=O)NC1=NCC2(CCN(C(=O)c3ccc(N4CCN(C)CC4)nc3)CC2)N1. The molecule has 0 radical (unpaired) electrons. The second-order valence-corrected chi connectivity index (χ2v) is 19.9. The van der Waals surface area contributed by atoms with Gasteiger partial charge in [-0.05, 0) is 89.9 Å². The molecule has 4 aromatic rings. The zero-order valence-electron chi connectivity index (χ0n) is 41.9. The van der Waals surface area contributed by atoms with E-state index in [-0.39, 0.29) is 68.1 Å². The van der Waals surface area contributed by atoms with Crippen LogP contribution in [0.25, 0.3) is 0 Å². The Kier molecular flexibility index (Phi) is 16.5. The van der Waals surface area contributed by atoms with Crippen LogP contribution in [-0.2, 0) is 4.74 Å². The molecule has 11 N–H and O–H groups in total. The number of carbonyl (C=O) groups is 4. The summed E-state index contributed by atoms with van der Waals surface area (Å²) in [7, 11) is 2.12. The van der Waals surface area contributed by atoms with Crippen LogP contribution in [0.1, 0.15) is 86.9 Å². The minimum absolute atomic E-state index is 0.00809. The molecule has 26 heteroatoms. The number of aliphatic imine (C=N–C) groups is 2. The van der Waals surface area contributed by atoms with E-state index in [1.54, 1.807) is 13.1 Å². The van der Waals surface area contributed by atoms with E-state index < -0.39 is 11.8 Å². The molecule has 1 aromatic carbocycles. The zero-order chi connectivity index (χ0) is 52.7. The highest BCUT2D eigenvalue weighted by Crippen LogP contribution is 2.29. The average Bonchev–Trinajstić information content (AvgIpc) is 3.97. The molecule has 5 aliphatic rings. The van der Waals surface area contributed by atoms with Gasteiger partial charge < -0.3 is 57.5 Å². The minimum atomic E-state index is -0.590. The van der Waals surface area contributed by atoms with Gasteiger partial charge in [-0.1, -0.05) is 23.2 Å². The van der Waals surface area contributed by atoms with Gasteiger partial charge in [0.1, 0.15) is 5.82 Å². The van der Waals surface area contributed by atoms with Gasteiger partial charge >= 0.3 is 0 Å². The summed E-state index contributed by atoms with van der Waals surface area (Å²) in [5.74, 6) is 0.434. The van der Waals surface area contributed by atoms with Crippen LogP contribution in [0.15, 0.2) is 52.6 Å². The van der Waals surface area contributed by atoms with E-state index in [2.05, 4.69) is 78.3 Å². The number of anilines is 5. The second-order valence-electron chi connectivity index (χ2n) is 19.2. The molecule has 3 aromatic heterocycles. The van der Waals surface area contributed by atoms with Crippen LogP contribution in [0.4, 0.5) is 29.0 Å². The van der Waals surface area contributed by atoms with Gasteiger partial charge in [-0.2, -0.15) is 0 Å². The van der Waals surface area contributed by atoms with Crippen molar-refractivity contribution in [2.45, 2.75) is 63.6 Å². The molecule has 2 spiro atoms. The fourth-order valence-corrected chi connectivity index (χ4v) is 9.35. The van der Waals surface area contributed by atoms with Gasteiger partial charge in [-0.3, -0.25) is 39.8 Å². The van der Waals surface area contributed by atoms with Crippen molar-refractivity contribution in [1.82, 2.24) is 60.9 Å². The summed E-state index contributed by atoms with van der Waals surface area (Å²) in [6.07, 6.45) is 4.67. The highest BCUT2D eigenvalue weighted by Gasteiger charge is 2.42. The van der Waals surface area contributed by atoms with Gasteiger partial charge in [0.05, 0.1) is 48.1 Å². The largest absolute Gasteiger partial charge is 0.383 e. The highest BCUT2D eigenvalue weighted by molar-refractivity contribution is 6.32. The van der Waals surface area contributed by atoms with Crippen molar-refractivity contribution in [3.8, 4) is 0 Å². The van der Waals surface area contributed by atoms with Gasteiger partial charge in [0.15, 0.2) is 51.1 Å². The third-order valence-electron chi connectivity index (χ3n) is 13.5. The molecule has 0 atom stereocenters. The minimum Gasteiger partial charge on any atom is -0.383 e. The number of carbonyl (C=O) groups excluding carboxylic acids is 4.